The minimum absolute atomic E-state index is 0.755. The van der Waals surface area contributed by atoms with Crippen molar-refractivity contribution in [2.75, 3.05) is 20.3 Å². The predicted octanol–water partition coefficient (Wildman–Crippen LogP) is 6.79. The Labute approximate surface area is 161 Å². The van der Waals surface area contributed by atoms with Crippen molar-refractivity contribution in [2.45, 2.75) is 96.8 Å². The topological polar surface area (TPSA) is 27.0 Å². The van der Waals surface area contributed by atoms with Gasteiger partial charge in [0.15, 0.2) is 12.1 Å². The summed E-state index contributed by atoms with van der Waals surface area (Å²) in [6.45, 7) is 4.29. The summed E-state index contributed by atoms with van der Waals surface area (Å²) < 4.78 is 0.755. The molecule has 0 aliphatic carbocycles. The molecule has 1 aliphatic rings. The van der Waals surface area contributed by atoms with Crippen LogP contribution in [0.15, 0.2) is 12.4 Å². The first-order valence-corrected chi connectivity index (χ1v) is 11.3. The van der Waals surface area contributed by atoms with Crippen LogP contribution >= 0.6 is 11.9 Å². The molecule has 0 aromatic heterocycles. The quantitative estimate of drug-likeness (QED) is 0.130. The van der Waals surface area contributed by atoms with Crippen LogP contribution in [0.1, 0.15) is 96.8 Å². The second-order valence-electron chi connectivity index (χ2n) is 7.65. The van der Waals surface area contributed by atoms with Crippen LogP contribution in [0.3, 0.4) is 0 Å². The summed E-state index contributed by atoms with van der Waals surface area (Å²) in [5.74, 6) is 0. The number of nitriles is 1. The number of hydrogen-bond donors (Lipinski definition) is 0. The number of hydrogen-bond acceptors (Lipinski definition) is 3. The van der Waals surface area contributed by atoms with E-state index in [1.807, 2.05) is 0 Å². The van der Waals surface area contributed by atoms with E-state index in [1.54, 1.807) is 0 Å². The number of thiocyanates is 1. The molecule has 0 aromatic rings. The van der Waals surface area contributed by atoms with Gasteiger partial charge in [0.1, 0.15) is 6.20 Å². The highest BCUT2D eigenvalue weighted by atomic mass is 32.2. The molecule has 1 unspecified atom stereocenters. The minimum Gasteiger partial charge on any atom is -0.328 e. The molecule has 0 aromatic carbocycles. The lowest BCUT2D eigenvalue weighted by molar-refractivity contribution is -0.742. The summed E-state index contributed by atoms with van der Waals surface area (Å²) >= 11 is 1.39. The Kier molecular flexibility index (Phi) is 13.0. The zero-order valence-corrected chi connectivity index (χ0v) is 17.5. The fourth-order valence-electron chi connectivity index (χ4n) is 3.61. The van der Waals surface area contributed by atoms with Crippen LogP contribution in [0.5, 0.6) is 0 Å². The van der Waals surface area contributed by atoms with E-state index in [-0.39, 0.29) is 0 Å². The SMILES string of the molecule is CCCCCCCCCCCCCCCC[N+]1(SC#N)C=CN(C)C1. The summed E-state index contributed by atoms with van der Waals surface area (Å²) in [4.78, 5) is 2.17. The lowest BCUT2D eigenvalue weighted by Crippen LogP contribution is -2.37. The highest BCUT2D eigenvalue weighted by Gasteiger charge is 2.32. The number of nitrogens with zero attached hydrogens (tertiary/aromatic N) is 3. The normalized spacial score (nSPS) is 19.5. The van der Waals surface area contributed by atoms with Crippen molar-refractivity contribution in [3.8, 4) is 5.40 Å². The summed E-state index contributed by atoms with van der Waals surface area (Å²) in [6, 6.07) is 0. The van der Waals surface area contributed by atoms with Gasteiger partial charge in [0.05, 0.1) is 12.7 Å². The Balaban J connectivity index is 1.87. The van der Waals surface area contributed by atoms with Gasteiger partial charge in [0.25, 0.3) is 0 Å². The zero-order chi connectivity index (χ0) is 18.2. The standard InChI is InChI=1S/C21H40N3S/c1-3-4-5-6-7-8-9-10-11-12-13-14-15-16-18-24(25-20-22)19-17-23(2)21-24/h17,19H,3-16,18,21H2,1-2H3/q+1. The van der Waals surface area contributed by atoms with Gasteiger partial charge in [0.2, 0.25) is 11.9 Å². The van der Waals surface area contributed by atoms with E-state index in [2.05, 4.69) is 36.7 Å². The Morgan fingerprint density at radius 3 is 1.76 bits per heavy atom. The van der Waals surface area contributed by atoms with Gasteiger partial charge in [-0.2, -0.15) is 5.26 Å². The number of rotatable bonds is 16. The van der Waals surface area contributed by atoms with Gasteiger partial charge in [-0.05, 0) is 12.8 Å². The van der Waals surface area contributed by atoms with Crippen molar-refractivity contribution in [3.05, 3.63) is 12.4 Å². The van der Waals surface area contributed by atoms with E-state index >= 15 is 0 Å². The van der Waals surface area contributed by atoms with E-state index in [4.69, 9.17) is 5.26 Å². The third-order valence-corrected chi connectivity index (χ3v) is 6.03. The molecule has 1 atom stereocenters. The van der Waals surface area contributed by atoms with Gasteiger partial charge >= 0.3 is 0 Å². The molecule has 1 rings (SSSR count). The first-order valence-electron chi connectivity index (χ1n) is 10.6. The maximum absolute atomic E-state index is 9.04. The summed E-state index contributed by atoms with van der Waals surface area (Å²) in [6.07, 6.45) is 23.8. The molecule has 1 heterocycles. The molecule has 0 N–H and O–H groups in total. The first-order chi connectivity index (χ1) is 12.2. The molecule has 0 saturated heterocycles. The molecule has 3 nitrogen and oxygen atoms in total. The Morgan fingerprint density at radius 2 is 1.36 bits per heavy atom. The van der Waals surface area contributed by atoms with Crippen LogP contribution in [0.25, 0.3) is 0 Å². The molecule has 25 heavy (non-hydrogen) atoms. The molecule has 1 aliphatic heterocycles. The molecule has 144 valence electrons. The largest absolute Gasteiger partial charge is 0.328 e. The van der Waals surface area contributed by atoms with Gasteiger partial charge in [-0.25, -0.2) is 3.89 Å². The lowest BCUT2D eigenvalue weighted by Gasteiger charge is -2.26. The van der Waals surface area contributed by atoms with Crippen molar-refractivity contribution >= 4 is 11.9 Å². The fourth-order valence-corrected chi connectivity index (χ4v) is 4.35. The zero-order valence-electron chi connectivity index (χ0n) is 16.7. The molecule has 0 spiro atoms. The van der Waals surface area contributed by atoms with Crippen LogP contribution in [-0.2, 0) is 0 Å². The summed E-state index contributed by atoms with van der Waals surface area (Å²) in [5.41, 5.74) is 0. The van der Waals surface area contributed by atoms with E-state index in [0.29, 0.717) is 0 Å². The van der Waals surface area contributed by atoms with Crippen LogP contribution in [-0.4, -0.2) is 29.0 Å². The highest BCUT2D eigenvalue weighted by Crippen LogP contribution is 2.29. The molecule has 0 fully saturated rings. The fraction of sp³-hybridized carbons (Fsp3) is 0.857. The third-order valence-electron chi connectivity index (χ3n) is 5.17. The van der Waals surface area contributed by atoms with Crippen LogP contribution in [0, 0.1) is 10.7 Å². The number of quaternary nitrogens is 1. The minimum atomic E-state index is 0.755. The maximum Gasteiger partial charge on any atom is 0.202 e. The highest BCUT2D eigenvalue weighted by molar-refractivity contribution is 7.98. The van der Waals surface area contributed by atoms with Crippen molar-refractivity contribution < 1.29 is 3.89 Å². The van der Waals surface area contributed by atoms with Crippen LogP contribution in [0.2, 0.25) is 0 Å². The smallest absolute Gasteiger partial charge is 0.202 e. The van der Waals surface area contributed by atoms with Crippen LogP contribution < -0.4 is 0 Å². The molecular formula is C21H40N3S+. The van der Waals surface area contributed by atoms with Crippen molar-refractivity contribution in [2.24, 2.45) is 0 Å². The van der Waals surface area contributed by atoms with Gasteiger partial charge < -0.3 is 4.90 Å². The van der Waals surface area contributed by atoms with Crippen molar-refractivity contribution in [1.29, 1.82) is 5.26 Å². The van der Waals surface area contributed by atoms with E-state index in [0.717, 1.165) is 17.1 Å². The lowest BCUT2D eigenvalue weighted by atomic mass is 10.0. The first kappa shape index (κ1) is 22.4. The second-order valence-corrected chi connectivity index (χ2v) is 8.74. The molecular weight excluding hydrogens is 326 g/mol. The summed E-state index contributed by atoms with van der Waals surface area (Å²) in [7, 11) is 2.08. The number of unbranched alkanes of at least 4 members (excludes halogenated alkanes) is 13. The predicted molar refractivity (Wildman–Crippen MR) is 110 cm³/mol. The maximum atomic E-state index is 9.04. The van der Waals surface area contributed by atoms with Gasteiger partial charge in [-0.3, -0.25) is 0 Å². The molecule has 0 saturated carbocycles. The monoisotopic (exact) mass is 366 g/mol. The van der Waals surface area contributed by atoms with Gasteiger partial charge in [-0.15, -0.1) is 0 Å². The molecule has 4 heteroatoms. The molecule has 0 bridgehead atoms. The third kappa shape index (κ3) is 10.8. The van der Waals surface area contributed by atoms with Crippen molar-refractivity contribution in [3.63, 3.8) is 0 Å². The Morgan fingerprint density at radius 1 is 0.880 bits per heavy atom. The average molecular weight is 367 g/mol. The van der Waals surface area contributed by atoms with Crippen LogP contribution in [0.4, 0.5) is 0 Å². The molecule has 0 amide bonds. The van der Waals surface area contributed by atoms with Crippen molar-refractivity contribution in [1.82, 2.24) is 4.90 Å². The van der Waals surface area contributed by atoms with Gasteiger partial charge in [0, 0.05) is 7.05 Å². The second kappa shape index (κ2) is 14.5. The van der Waals surface area contributed by atoms with Gasteiger partial charge in [-0.1, -0.05) is 84.0 Å². The summed E-state index contributed by atoms with van der Waals surface area (Å²) in [5, 5.41) is 11.3. The average Bonchev–Trinajstić information content (AvgIpc) is 2.96. The molecule has 0 radical (unpaired) electrons. The van der Waals surface area contributed by atoms with E-state index in [9.17, 15) is 0 Å². The Bertz CT molecular complexity index is 391. The Hall–Kier alpha value is -0.660. The van der Waals surface area contributed by atoms with E-state index in [1.165, 1.54) is 102 Å². The van der Waals surface area contributed by atoms with E-state index < -0.39 is 0 Å².